The third kappa shape index (κ3) is 3.80. The van der Waals surface area contributed by atoms with Crippen molar-refractivity contribution in [1.29, 1.82) is 0 Å². The van der Waals surface area contributed by atoms with Crippen LogP contribution in [-0.4, -0.2) is 15.7 Å². The van der Waals surface area contributed by atoms with E-state index in [0.717, 1.165) is 39.5 Å². The van der Waals surface area contributed by atoms with Gasteiger partial charge in [0.2, 0.25) is 5.91 Å². The highest BCUT2D eigenvalue weighted by atomic mass is 79.9. The van der Waals surface area contributed by atoms with Gasteiger partial charge in [0.1, 0.15) is 0 Å². The summed E-state index contributed by atoms with van der Waals surface area (Å²) >= 11 is 8.41. The zero-order valence-corrected chi connectivity index (χ0v) is 15.4. The number of halogens is 2. The number of thiazole rings is 1. The highest BCUT2D eigenvalue weighted by Gasteiger charge is 2.16. The summed E-state index contributed by atoms with van der Waals surface area (Å²) in [5.41, 5.74) is 2.06. The molecule has 1 atom stereocenters. The number of amides is 1. The number of alkyl halides is 1. The van der Waals surface area contributed by atoms with Crippen molar-refractivity contribution in [1.82, 2.24) is 4.98 Å². The van der Waals surface area contributed by atoms with Crippen LogP contribution < -0.4 is 5.32 Å². The summed E-state index contributed by atoms with van der Waals surface area (Å²) in [7, 11) is 0. The normalized spacial score (nSPS) is 12.6. The van der Waals surface area contributed by atoms with E-state index in [4.69, 9.17) is 0 Å². The highest BCUT2D eigenvalue weighted by molar-refractivity contribution is 9.10. The van der Waals surface area contributed by atoms with Gasteiger partial charge in [-0.1, -0.05) is 63.0 Å². The summed E-state index contributed by atoms with van der Waals surface area (Å²) < 4.78 is 2.11. The second kappa shape index (κ2) is 7.00. The summed E-state index contributed by atoms with van der Waals surface area (Å²) in [6.07, 6.45) is 2.97. The van der Waals surface area contributed by atoms with E-state index >= 15 is 0 Å². The number of aryl methyl sites for hydroxylation is 1. The molecule has 2 rings (SSSR count). The van der Waals surface area contributed by atoms with E-state index in [1.165, 1.54) is 11.3 Å². The maximum Gasteiger partial charge on any atom is 0.239 e. The van der Waals surface area contributed by atoms with Crippen LogP contribution in [0.1, 0.15) is 31.7 Å². The number of hydrogen-bond acceptors (Lipinski definition) is 3. The van der Waals surface area contributed by atoms with E-state index in [9.17, 15) is 4.79 Å². The molecule has 0 saturated carbocycles. The van der Waals surface area contributed by atoms with Crippen molar-refractivity contribution in [2.24, 2.45) is 0 Å². The van der Waals surface area contributed by atoms with Gasteiger partial charge in [-0.15, -0.1) is 0 Å². The van der Waals surface area contributed by atoms with Crippen LogP contribution in [0.5, 0.6) is 0 Å². The molecule has 3 nitrogen and oxygen atoms in total. The molecule has 2 aromatic rings. The number of benzene rings is 1. The molecule has 108 valence electrons. The zero-order valence-electron chi connectivity index (χ0n) is 11.4. The first-order chi connectivity index (χ1) is 9.51. The molecule has 1 N–H and O–H groups in total. The Hall–Kier alpha value is -0.460. The Morgan fingerprint density at radius 3 is 2.95 bits per heavy atom. The first kappa shape index (κ1) is 15.9. The number of nitrogens with zero attached hydrogens (tertiary/aromatic N) is 1. The summed E-state index contributed by atoms with van der Waals surface area (Å²) in [4.78, 5) is 16.4. The topological polar surface area (TPSA) is 42.0 Å². The third-order valence-electron chi connectivity index (χ3n) is 2.98. The standard InChI is InChI=1S/C14H16Br2N2OS/c1-3-4-5-10(16)13(19)18-14-17-12-8(2)6-9(15)7-11(12)20-14/h6-7,10H,3-5H2,1-2H3,(H,17,18,19)/t10-/m1/s1. The van der Waals surface area contributed by atoms with Gasteiger partial charge in [0.25, 0.3) is 0 Å². The van der Waals surface area contributed by atoms with Crippen molar-refractivity contribution in [3.05, 3.63) is 22.2 Å². The molecule has 6 heteroatoms. The fourth-order valence-corrected chi connectivity index (χ4v) is 4.05. The molecular weight excluding hydrogens is 404 g/mol. The van der Waals surface area contributed by atoms with Gasteiger partial charge in [-0.05, 0) is 31.0 Å². The van der Waals surface area contributed by atoms with Crippen molar-refractivity contribution >= 4 is 64.5 Å². The second-order valence-electron chi connectivity index (χ2n) is 4.69. The van der Waals surface area contributed by atoms with Crippen LogP contribution in [-0.2, 0) is 4.79 Å². The monoisotopic (exact) mass is 418 g/mol. The number of aromatic nitrogens is 1. The van der Waals surface area contributed by atoms with E-state index in [2.05, 4.69) is 49.1 Å². The van der Waals surface area contributed by atoms with Crippen LogP contribution in [0.2, 0.25) is 0 Å². The Labute approximate surface area is 139 Å². The van der Waals surface area contributed by atoms with Crippen molar-refractivity contribution in [2.75, 3.05) is 5.32 Å². The maximum atomic E-state index is 12.0. The summed E-state index contributed by atoms with van der Waals surface area (Å²) in [6, 6.07) is 4.06. The Kier molecular flexibility index (Phi) is 5.57. The maximum absolute atomic E-state index is 12.0. The number of rotatable bonds is 5. The van der Waals surface area contributed by atoms with Crippen LogP contribution in [0.15, 0.2) is 16.6 Å². The molecule has 0 aliphatic heterocycles. The molecule has 20 heavy (non-hydrogen) atoms. The molecule has 1 heterocycles. The number of carbonyl (C=O) groups excluding carboxylic acids is 1. The molecule has 1 amide bonds. The number of anilines is 1. The fraction of sp³-hybridized carbons (Fsp3) is 0.429. The Bertz CT molecular complexity index is 627. The molecule has 0 aliphatic rings. The lowest BCUT2D eigenvalue weighted by atomic mass is 10.2. The molecule has 1 aromatic heterocycles. The van der Waals surface area contributed by atoms with E-state index in [1.54, 1.807) is 0 Å². The second-order valence-corrected chi connectivity index (χ2v) is 7.74. The van der Waals surface area contributed by atoms with Crippen LogP contribution in [0.4, 0.5) is 5.13 Å². The van der Waals surface area contributed by atoms with Crippen LogP contribution in [0, 0.1) is 6.92 Å². The summed E-state index contributed by atoms with van der Waals surface area (Å²) in [5.74, 6) is -0.0192. The van der Waals surface area contributed by atoms with Gasteiger partial charge in [-0.2, -0.15) is 0 Å². The van der Waals surface area contributed by atoms with Gasteiger partial charge >= 0.3 is 0 Å². The van der Waals surface area contributed by atoms with Crippen LogP contribution in [0.25, 0.3) is 10.2 Å². The number of nitrogens with one attached hydrogen (secondary N) is 1. The number of carbonyl (C=O) groups is 1. The van der Waals surface area contributed by atoms with E-state index in [0.29, 0.717) is 5.13 Å². The molecule has 0 aliphatic carbocycles. The Balaban J connectivity index is 2.14. The van der Waals surface area contributed by atoms with Crippen molar-refractivity contribution in [2.45, 2.75) is 37.9 Å². The molecule has 0 radical (unpaired) electrons. The lowest BCUT2D eigenvalue weighted by Gasteiger charge is -2.07. The predicted molar refractivity (Wildman–Crippen MR) is 92.9 cm³/mol. The first-order valence-electron chi connectivity index (χ1n) is 6.53. The summed E-state index contributed by atoms with van der Waals surface area (Å²) in [5, 5.41) is 3.55. The largest absolute Gasteiger partial charge is 0.301 e. The molecule has 1 aromatic carbocycles. The Morgan fingerprint density at radius 1 is 1.50 bits per heavy atom. The molecule has 0 saturated heterocycles. The van der Waals surface area contributed by atoms with Crippen molar-refractivity contribution in [3.8, 4) is 0 Å². The smallest absolute Gasteiger partial charge is 0.239 e. The average Bonchev–Trinajstić information content (AvgIpc) is 2.78. The van der Waals surface area contributed by atoms with E-state index in [-0.39, 0.29) is 10.7 Å². The third-order valence-corrected chi connectivity index (χ3v) is 5.23. The minimum absolute atomic E-state index is 0.0192. The van der Waals surface area contributed by atoms with Crippen molar-refractivity contribution < 1.29 is 4.79 Å². The van der Waals surface area contributed by atoms with Crippen LogP contribution in [0.3, 0.4) is 0 Å². The minimum atomic E-state index is -0.151. The van der Waals surface area contributed by atoms with Gasteiger partial charge in [0.15, 0.2) is 5.13 Å². The molecular formula is C14H16Br2N2OS. The van der Waals surface area contributed by atoms with Gasteiger partial charge in [-0.3, -0.25) is 4.79 Å². The van der Waals surface area contributed by atoms with Gasteiger partial charge in [0.05, 0.1) is 15.0 Å². The minimum Gasteiger partial charge on any atom is -0.301 e. The first-order valence-corrected chi connectivity index (χ1v) is 9.05. The van der Waals surface area contributed by atoms with Gasteiger partial charge < -0.3 is 5.32 Å². The van der Waals surface area contributed by atoms with E-state index in [1.807, 2.05) is 19.1 Å². The SMILES string of the molecule is CCCC[C@@H](Br)C(=O)Nc1nc2c(C)cc(Br)cc2s1. The van der Waals surface area contributed by atoms with E-state index < -0.39 is 0 Å². The van der Waals surface area contributed by atoms with Gasteiger partial charge in [-0.25, -0.2) is 4.98 Å². The summed E-state index contributed by atoms with van der Waals surface area (Å²) in [6.45, 7) is 4.14. The quantitative estimate of drug-likeness (QED) is 0.671. The molecule has 0 fully saturated rings. The van der Waals surface area contributed by atoms with Gasteiger partial charge in [0, 0.05) is 4.47 Å². The average molecular weight is 420 g/mol. The Morgan fingerprint density at radius 2 is 2.25 bits per heavy atom. The fourth-order valence-electron chi connectivity index (χ4n) is 1.91. The number of fused-ring (bicyclic) bond motifs is 1. The lowest BCUT2D eigenvalue weighted by molar-refractivity contribution is -0.115. The number of hydrogen-bond donors (Lipinski definition) is 1. The highest BCUT2D eigenvalue weighted by Crippen LogP contribution is 2.31. The zero-order chi connectivity index (χ0) is 14.7. The molecule has 0 spiro atoms. The van der Waals surface area contributed by atoms with Crippen molar-refractivity contribution in [3.63, 3.8) is 0 Å². The predicted octanol–water partition coefficient (Wildman–Crippen LogP) is 5.26. The lowest BCUT2D eigenvalue weighted by Crippen LogP contribution is -2.22. The number of unbranched alkanes of at least 4 members (excludes halogenated alkanes) is 1. The molecule has 0 bridgehead atoms. The molecule has 0 unspecified atom stereocenters. The van der Waals surface area contributed by atoms with Crippen LogP contribution >= 0.6 is 43.2 Å².